The Balaban J connectivity index is 2.56. The number of hydrogen-bond acceptors (Lipinski definition) is 2. The zero-order valence-corrected chi connectivity index (χ0v) is 11.1. The molecule has 0 N–H and O–H groups in total. The fourth-order valence-electron chi connectivity index (χ4n) is 2.49. The highest BCUT2D eigenvalue weighted by atomic mass is 16.5. The minimum absolute atomic E-state index is 0.0199. The number of para-hydroxylation sites is 1. The molecule has 1 heterocycles. The molecular weight excluding hydrogens is 250 g/mol. The first kappa shape index (κ1) is 12.3. The Bertz CT molecular complexity index is 900. The van der Waals surface area contributed by atoms with E-state index in [4.69, 9.17) is 11.2 Å². The van der Waals surface area contributed by atoms with Crippen LogP contribution in [-0.2, 0) is 6.54 Å². The minimum Gasteiger partial charge on any atom is -0.497 e. The van der Waals surface area contributed by atoms with E-state index < -0.39 is 0 Å². The number of rotatable bonds is 2. The molecule has 98 valence electrons. The summed E-state index contributed by atoms with van der Waals surface area (Å²) >= 11 is 0. The molecule has 2 aromatic carbocycles. The molecule has 20 heavy (non-hydrogen) atoms. The fourth-order valence-corrected chi connectivity index (χ4v) is 2.49. The number of fused-ring (bicyclic) bond motifs is 2. The van der Waals surface area contributed by atoms with Gasteiger partial charge < -0.3 is 9.30 Å². The van der Waals surface area contributed by atoms with E-state index in [9.17, 15) is 4.79 Å². The maximum atomic E-state index is 12.5. The first-order valence-corrected chi connectivity index (χ1v) is 6.29. The fraction of sp³-hybridized carbons (Fsp3) is 0.118. The van der Waals surface area contributed by atoms with Crippen molar-refractivity contribution in [3.63, 3.8) is 0 Å². The zero-order valence-electron chi connectivity index (χ0n) is 11.1. The maximum Gasteiger partial charge on any atom is 0.197 e. The Labute approximate surface area is 116 Å². The number of nitrogens with zero attached hydrogens (tertiary/aromatic N) is 1. The molecular formula is C17H13NO2. The van der Waals surface area contributed by atoms with Crippen LogP contribution < -0.4 is 10.2 Å². The second-order valence-electron chi connectivity index (χ2n) is 4.52. The Hall–Kier alpha value is -2.73. The number of aromatic nitrogens is 1. The van der Waals surface area contributed by atoms with E-state index in [1.54, 1.807) is 19.2 Å². The van der Waals surface area contributed by atoms with Crippen molar-refractivity contribution < 1.29 is 4.74 Å². The summed E-state index contributed by atoms with van der Waals surface area (Å²) < 4.78 is 7.21. The third-order valence-corrected chi connectivity index (χ3v) is 3.43. The van der Waals surface area contributed by atoms with Gasteiger partial charge in [-0.05, 0) is 24.3 Å². The first-order chi connectivity index (χ1) is 9.76. The van der Waals surface area contributed by atoms with Gasteiger partial charge in [0.05, 0.1) is 24.7 Å². The predicted octanol–water partition coefficient (Wildman–Crippen LogP) is 2.80. The van der Waals surface area contributed by atoms with Crippen LogP contribution >= 0.6 is 0 Å². The van der Waals surface area contributed by atoms with Crippen LogP contribution in [0.15, 0.2) is 47.3 Å². The quantitative estimate of drug-likeness (QED) is 0.526. The van der Waals surface area contributed by atoms with Gasteiger partial charge in [-0.25, -0.2) is 0 Å². The molecule has 0 unspecified atom stereocenters. The average Bonchev–Trinajstić information content (AvgIpc) is 2.51. The van der Waals surface area contributed by atoms with Crippen LogP contribution in [0.3, 0.4) is 0 Å². The number of methoxy groups -OCH3 is 1. The molecule has 0 aliphatic heterocycles. The van der Waals surface area contributed by atoms with Crippen LogP contribution in [0.5, 0.6) is 5.75 Å². The van der Waals surface area contributed by atoms with Gasteiger partial charge in [-0.2, -0.15) is 0 Å². The van der Waals surface area contributed by atoms with Crippen molar-refractivity contribution in [1.82, 2.24) is 4.57 Å². The van der Waals surface area contributed by atoms with Gasteiger partial charge in [0.15, 0.2) is 5.43 Å². The molecule has 0 saturated heterocycles. The second-order valence-corrected chi connectivity index (χ2v) is 4.52. The summed E-state index contributed by atoms with van der Waals surface area (Å²) in [6, 6.07) is 12.9. The largest absolute Gasteiger partial charge is 0.497 e. The molecule has 0 spiro atoms. The third kappa shape index (κ3) is 1.74. The van der Waals surface area contributed by atoms with Crippen LogP contribution in [0, 0.1) is 12.3 Å². The van der Waals surface area contributed by atoms with E-state index in [0.717, 1.165) is 11.0 Å². The molecule has 0 amide bonds. The highest BCUT2D eigenvalue weighted by molar-refractivity contribution is 5.94. The van der Waals surface area contributed by atoms with Crippen molar-refractivity contribution in [2.75, 3.05) is 7.11 Å². The second kappa shape index (κ2) is 4.75. The van der Waals surface area contributed by atoms with Crippen molar-refractivity contribution in [1.29, 1.82) is 0 Å². The lowest BCUT2D eigenvalue weighted by atomic mass is 10.1. The summed E-state index contributed by atoms with van der Waals surface area (Å²) in [5, 5.41) is 1.33. The number of pyridine rings is 1. The summed E-state index contributed by atoms with van der Waals surface area (Å²) in [4.78, 5) is 12.5. The van der Waals surface area contributed by atoms with Crippen molar-refractivity contribution >= 4 is 21.8 Å². The van der Waals surface area contributed by atoms with Gasteiger partial charge in [0.2, 0.25) is 0 Å². The van der Waals surface area contributed by atoms with Gasteiger partial charge in [0, 0.05) is 16.8 Å². The van der Waals surface area contributed by atoms with Crippen molar-refractivity contribution in [2.24, 2.45) is 0 Å². The smallest absolute Gasteiger partial charge is 0.197 e. The molecule has 3 rings (SSSR count). The Morgan fingerprint density at radius 2 is 1.90 bits per heavy atom. The van der Waals surface area contributed by atoms with Gasteiger partial charge in [-0.15, -0.1) is 6.42 Å². The van der Waals surface area contributed by atoms with Crippen LogP contribution in [0.4, 0.5) is 0 Å². The van der Waals surface area contributed by atoms with E-state index in [1.807, 2.05) is 34.9 Å². The summed E-state index contributed by atoms with van der Waals surface area (Å²) in [5.74, 6) is 3.35. The summed E-state index contributed by atoms with van der Waals surface area (Å²) in [5.41, 5.74) is 1.66. The molecule has 3 heteroatoms. The molecule has 3 nitrogen and oxygen atoms in total. The van der Waals surface area contributed by atoms with Crippen molar-refractivity contribution in [3.05, 3.63) is 52.7 Å². The number of ether oxygens (including phenoxy) is 1. The van der Waals surface area contributed by atoms with Crippen molar-refractivity contribution in [3.8, 4) is 18.1 Å². The Morgan fingerprint density at radius 3 is 2.65 bits per heavy atom. The molecule has 0 atom stereocenters. The molecule has 0 bridgehead atoms. The van der Waals surface area contributed by atoms with Crippen LogP contribution in [0.25, 0.3) is 21.8 Å². The lowest BCUT2D eigenvalue weighted by Crippen LogP contribution is -2.11. The third-order valence-electron chi connectivity index (χ3n) is 3.43. The SMILES string of the molecule is C#CCn1c2ccccc2c(=O)c2ccc(OC)cc21. The minimum atomic E-state index is 0.0199. The molecule has 0 aliphatic carbocycles. The van der Waals surface area contributed by atoms with Crippen LogP contribution in [-0.4, -0.2) is 11.7 Å². The number of benzene rings is 2. The summed E-state index contributed by atoms with van der Waals surface area (Å²) in [7, 11) is 1.60. The number of terminal acetylenes is 1. The normalized spacial score (nSPS) is 10.6. The predicted molar refractivity (Wildman–Crippen MR) is 81.1 cm³/mol. The molecule has 0 fully saturated rings. The number of hydrogen-bond donors (Lipinski definition) is 0. The summed E-state index contributed by atoms with van der Waals surface area (Å²) in [6.45, 7) is 0.407. The average molecular weight is 263 g/mol. The van der Waals surface area contributed by atoms with Crippen LogP contribution in [0.1, 0.15) is 0 Å². The van der Waals surface area contributed by atoms with E-state index in [0.29, 0.717) is 23.1 Å². The lowest BCUT2D eigenvalue weighted by Gasteiger charge is -2.13. The molecule has 0 saturated carbocycles. The standard InChI is InChI=1S/C17H13NO2/c1-3-10-18-15-7-5-4-6-13(15)17(19)14-9-8-12(20-2)11-16(14)18/h1,4-9,11H,10H2,2H3. The lowest BCUT2D eigenvalue weighted by molar-refractivity contribution is 0.415. The molecule has 0 radical (unpaired) electrons. The van der Waals surface area contributed by atoms with Gasteiger partial charge in [-0.1, -0.05) is 18.1 Å². The van der Waals surface area contributed by atoms with Gasteiger partial charge in [0.25, 0.3) is 0 Å². The van der Waals surface area contributed by atoms with Crippen LogP contribution in [0.2, 0.25) is 0 Å². The topological polar surface area (TPSA) is 31.2 Å². The van der Waals surface area contributed by atoms with E-state index in [-0.39, 0.29) is 5.43 Å². The molecule has 0 aliphatic rings. The molecule has 3 aromatic rings. The van der Waals surface area contributed by atoms with E-state index >= 15 is 0 Å². The van der Waals surface area contributed by atoms with Gasteiger partial charge >= 0.3 is 0 Å². The van der Waals surface area contributed by atoms with E-state index in [1.165, 1.54) is 0 Å². The summed E-state index contributed by atoms with van der Waals surface area (Å²) in [6.07, 6.45) is 5.47. The first-order valence-electron chi connectivity index (χ1n) is 6.29. The van der Waals surface area contributed by atoms with Gasteiger partial charge in [0.1, 0.15) is 5.75 Å². The van der Waals surface area contributed by atoms with E-state index in [2.05, 4.69) is 5.92 Å². The molecule has 1 aromatic heterocycles. The zero-order chi connectivity index (χ0) is 14.1. The van der Waals surface area contributed by atoms with Gasteiger partial charge in [-0.3, -0.25) is 4.79 Å². The maximum absolute atomic E-state index is 12.5. The Kier molecular flexibility index (Phi) is 2.92. The monoisotopic (exact) mass is 263 g/mol. The highest BCUT2D eigenvalue weighted by Gasteiger charge is 2.10. The van der Waals surface area contributed by atoms with Crippen molar-refractivity contribution in [2.45, 2.75) is 6.54 Å². The highest BCUT2D eigenvalue weighted by Crippen LogP contribution is 2.23. The Morgan fingerprint density at radius 1 is 1.15 bits per heavy atom.